The maximum atomic E-state index is 11.9. The van der Waals surface area contributed by atoms with Crippen LogP contribution in [-0.2, 0) is 23.9 Å². The van der Waals surface area contributed by atoms with Crippen molar-refractivity contribution in [2.75, 3.05) is 23.9 Å². The zero-order chi connectivity index (χ0) is 16.3. The van der Waals surface area contributed by atoms with Gasteiger partial charge in [0.2, 0.25) is 6.10 Å². The van der Waals surface area contributed by atoms with E-state index in [2.05, 4.69) is 6.58 Å². The maximum Gasteiger partial charge on any atom is 0.348 e. The third kappa shape index (κ3) is 9.57. The fourth-order valence-electron chi connectivity index (χ4n) is 1.18. The Kier molecular flexibility index (Phi) is 11.2. The van der Waals surface area contributed by atoms with Gasteiger partial charge in [-0.25, -0.2) is 4.79 Å². The highest BCUT2D eigenvalue weighted by Gasteiger charge is 2.27. The summed E-state index contributed by atoms with van der Waals surface area (Å²) in [7, 11) is 0. The molecule has 0 aromatic rings. The first-order valence-electron chi connectivity index (χ1n) is 6.61. The molecule has 0 unspecified atom stereocenters. The van der Waals surface area contributed by atoms with Gasteiger partial charge in [-0.3, -0.25) is 9.59 Å². The Morgan fingerprint density at radius 1 is 1.24 bits per heavy atom. The van der Waals surface area contributed by atoms with Crippen LogP contribution >= 0.6 is 23.5 Å². The van der Waals surface area contributed by atoms with Crippen LogP contribution in [-0.4, -0.2) is 47.0 Å². The van der Waals surface area contributed by atoms with Crippen molar-refractivity contribution in [3.05, 3.63) is 12.7 Å². The summed E-state index contributed by atoms with van der Waals surface area (Å²) in [4.78, 5) is 34.6. The summed E-state index contributed by atoms with van der Waals surface area (Å²) in [5.74, 6) is -0.0378. The van der Waals surface area contributed by atoms with E-state index in [1.54, 1.807) is 6.92 Å². The Labute approximate surface area is 134 Å². The van der Waals surface area contributed by atoms with Gasteiger partial charge in [0.1, 0.15) is 6.61 Å². The van der Waals surface area contributed by atoms with Gasteiger partial charge in [-0.15, -0.1) is 0 Å². The van der Waals surface area contributed by atoms with E-state index in [1.807, 2.05) is 6.92 Å². The average molecular weight is 334 g/mol. The Morgan fingerprint density at radius 3 is 2.43 bits per heavy atom. The number of hydrogen-bond acceptors (Lipinski definition) is 7. The molecule has 0 spiro atoms. The molecule has 5 nitrogen and oxygen atoms in total. The molecule has 0 amide bonds. The number of rotatable bonds is 10. The van der Waals surface area contributed by atoms with Crippen molar-refractivity contribution in [2.45, 2.75) is 26.9 Å². The van der Waals surface area contributed by atoms with Crippen LogP contribution in [0.1, 0.15) is 20.8 Å². The normalized spacial score (nSPS) is 13.1. The van der Waals surface area contributed by atoms with Gasteiger partial charge in [-0.1, -0.05) is 38.3 Å². The van der Waals surface area contributed by atoms with Crippen molar-refractivity contribution in [2.24, 2.45) is 5.92 Å². The van der Waals surface area contributed by atoms with Crippen LogP contribution in [0.4, 0.5) is 0 Å². The van der Waals surface area contributed by atoms with Crippen LogP contribution < -0.4 is 0 Å². The van der Waals surface area contributed by atoms with E-state index in [-0.39, 0.29) is 11.7 Å². The van der Waals surface area contributed by atoms with Crippen molar-refractivity contribution >= 4 is 40.6 Å². The quantitative estimate of drug-likeness (QED) is 0.448. The first-order chi connectivity index (χ1) is 9.92. The van der Waals surface area contributed by atoms with E-state index in [0.717, 1.165) is 17.5 Å². The second-order valence-electron chi connectivity index (χ2n) is 4.21. The summed E-state index contributed by atoms with van der Waals surface area (Å²) >= 11 is 2.55. The molecule has 0 N–H and O–H groups in total. The molecule has 0 fully saturated rings. The van der Waals surface area contributed by atoms with Crippen LogP contribution in [0, 0.1) is 5.92 Å². The third-order valence-corrected chi connectivity index (χ3v) is 4.30. The molecule has 0 aliphatic carbocycles. The summed E-state index contributed by atoms with van der Waals surface area (Å²) in [6.45, 7) is 8.60. The van der Waals surface area contributed by atoms with Gasteiger partial charge in [-0.05, 0) is 5.75 Å². The Hall–Kier alpha value is -0.950. The fourth-order valence-corrected chi connectivity index (χ4v) is 2.45. The topological polar surface area (TPSA) is 69.7 Å². The minimum absolute atomic E-state index is 0.0573. The summed E-state index contributed by atoms with van der Waals surface area (Å²) < 4.78 is 10.1. The van der Waals surface area contributed by atoms with Crippen LogP contribution in [0.3, 0.4) is 0 Å². The van der Waals surface area contributed by atoms with E-state index >= 15 is 0 Å². The number of carbonyl (C=O) groups is 3. The molecule has 0 saturated carbocycles. The van der Waals surface area contributed by atoms with Gasteiger partial charge < -0.3 is 9.47 Å². The first-order valence-corrected chi connectivity index (χ1v) is 8.75. The molecular formula is C14H22O5S2. The Balaban J connectivity index is 4.48. The van der Waals surface area contributed by atoms with Gasteiger partial charge >= 0.3 is 11.9 Å². The van der Waals surface area contributed by atoms with E-state index in [0.29, 0.717) is 11.5 Å². The lowest BCUT2D eigenvalue weighted by molar-refractivity contribution is -0.167. The standard InChI is InChI=1S/C14H22O5S2/c1-5-7-18-14(17)12(9-20-6-2)19-13(16)10(3)8-21-11(4)15/h5,10,12H,1,6-9H2,2-4H3/t10-,12+/m1/s1. The highest BCUT2D eigenvalue weighted by atomic mass is 32.2. The van der Waals surface area contributed by atoms with Crippen LogP contribution in [0.15, 0.2) is 12.7 Å². The second kappa shape index (κ2) is 11.7. The Bertz CT molecular complexity index is 370. The van der Waals surface area contributed by atoms with Crippen molar-refractivity contribution in [1.29, 1.82) is 0 Å². The maximum absolute atomic E-state index is 11.9. The minimum atomic E-state index is -0.924. The largest absolute Gasteiger partial charge is 0.459 e. The lowest BCUT2D eigenvalue weighted by Crippen LogP contribution is -2.34. The second-order valence-corrected chi connectivity index (χ2v) is 6.72. The highest BCUT2D eigenvalue weighted by molar-refractivity contribution is 8.13. The van der Waals surface area contributed by atoms with Gasteiger partial charge in [0, 0.05) is 18.4 Å². The lowest BCUT2D eigenvalue weighted by Gasteiger charge is -2.18. The molecule has 0 radical (unpaired) electrons. The molecule has 0 aliphatic rings. The lowest BCUT2D eigenvalue weighted by atomic mass is 10.2. The molecule has 0 bridgehead atoms. The van der Waals surface area contributed by atoms with Crippen molar-refractivity contribution < 1.29 is 23.9 Å². The summed E-state index contributed by atoms with van der Waals surface area (Å²) in [6.07, 6.45) is 0.530. The molecule has 0 aromatic carbocycles. The van der Waals surface area contributed by atoms with Crippen LogP contribution in [0.25, 0.3) is 0 Å². The fraction of sp³-hybridized carbons (Fsp3) is 0.643. The van der Waals surface area contributed by atoms with Gasteiger partial charge in [0.25, 0.3) is 0 Å². The molecule has 120 valence electrons. The Morgan fingerprint density at radius 2 is 1.90 bits per heavy atom. The molecule has 0 heterocycles. The van der Waals surface area contributed by atoms with E-state index in [9.17, 15) is 14.4 Å². The van der Waals surface area contributed by atoms with Gasteiger partial charge in [0.05, 0.1) is 5.92 Å². The zero-order valence-corrected chi connectivity index (χ0v) is 14.3. The van der Waals surface area contributed by atoms with Crippen LogP contribution in [0.2, 0.25) is 0 Å². The SMILES string of the molecule is C=CCOC(=O)[C@H](CSCC)OC(=O)[C@H](C)CSC(C)=O. The number of ether oxygens (including phenoxy) is 2. The van der Waals surface area contributed by atoms with E-state index in [1.165, 1.54) is 24.8 Å². The zero-order valence-electron chi connectivity index (χ0n) is 12.6. The minimum Gasteiger partial charge on any atom is -0.459 e. The molecular weight excluding hydrogens is 312 g/mol. The molecule has 0 aliphatic heterocycles. The first kappa shape index (κ1) is 20.1. The molecule has 0 aromatic heterocycles. The third-order valence-electron chi connectivity index (χ3n) is 2.28. The molecule has 2 atom stereocenters. The average Bonchev–Trinajstić information content (AvgIpc) is 2.45. The predicted molar refractivity (Wildman–Crippen MR) is 86.3 cm³/mol. The highest BCUT2D eigenvalue weighted by Crippen LogP contribution is 2.14. The van der Waals surface area contributed by atoms with E-state index < -0.39 is 24.0 Å². The number of thioether (sulfide) groups is 2. The molecule has 0 rings (SSSR count). The molecule has 7 heteroatoms. The van der Waals surface area contributed by atoms with Gasteiger partial charge in [-0.2, -0.15) is 11.8 Å². The monoisotopic (exact) mass is 334 g/mol. The van der Waals surface area contributed by atoms with Crippen LogP contribution in [0.5, 0.6) is 0 Å². The predicted octanol–water partition coefficient (Wildman–Crippen LogP) is 2.30. The molecule has 21 heavy (non-hydrogen) atoms. The summed E-state index contributed by atoms with van der Waals surface area (Å²) in [6, 6.07) is 0. The van der Waals surface area contributed by atoms with E-state index in [4.69, 9.17) is 9.47 Å². The smallest absolute Gasteiger partial charge is 0.348 e. The number of carbonyl (C=O) groups excluding carboxylic acids is 3. The van der Waals surface area contributed by atoms with Crippen molar-refractivity contribution in [3.63, 3.8) is 0 Å². The summed E-state index contributed by atoms with van der Waals surface area (Å²) in [5.41, 5.74) is 0. The van der Waals surface area contributed by atoms with Crippen molar-refractivity contribution in [1.82, 2.24) is 0 Å². The summed E-state index contributed by atoms with van der Waals surface area (Å²) in [5, 5.41) is -0.0573. The molecule has 0 saturated heterocycles. The van der Waals surface area contributed by atoms with Gasteiger partial charge in [0.15, 0.2) is 5.12 Å². The number of esters is 2. The number of hydrogen-bond donors (Lipinski definition) is 0. The van der Waals surface area contributed by atoms with Crippen molar-refractivity contribution in [3.8, 4) is 0 Å².